The fourth-order valence-corrected chi connectivity index (χ4v) is 3.24. The van der Waals surface area contributed by atoms with E-state index in [2.05, 4.69) is 5.32 Å². The summed E-state index contributed by atoms with van der Waals surface area (Å²) in [6.07, 6.45) is 6.89. The van der Waals surface area contributed by atoms with Crippen LogP contribution in [0.4, 0.5) is 4.79 Å². The van der Waals surface area contributed by atoms with Gasteiger partial charge in [0.1, 0.15) is 5.78 Å². The first kappa shape index (κ1) is 11.1. The highest BCUT2D eigenvalue weighted by Gasteiger charge is 2.40. The summed E-state index contributed by atoms with van der Waals surface area (Å²) in [7, 11) is 0. The van der Waals surface area contributed by atoms with Crippen molar-refractivity contribution in [1.29, 1.82) is 0 Å². The molecule has 3 rings (SSSR count). The lowest BCUT2D eigenvalue weighted by Crippen LogP contribution is -2.40. The summed E-state index contributed by atoms with van der Waals surface area (Å²) in [4.78, 5) is 25.1. The summed E-state index contributed by atoms with van der Waals surface area (Å²) in [5, 5.41) is 3.12. The third-order valence-corrected chi connectivity index (χ3v) is 4.64. The number of ketones is 1. The molecule has 2 saturated carbocycles. The number of carbonyl (C=O) groups excluding carboxylic acids is 2. The zero-order valence-electron chi connectivity index (χ0n) is 10.2. The van der Waals surface area contributed by atoms with E-state index >= 15 is 0 Å². The molecule has 0 radical (unpaired) electrons. The van der Waals surface area contributed by atoms with Crippen LogP contribution in [-0.2, 0) is 4.79 Å². The summed E-state index contributed by atoms with van der Waals surface area (Å²) in [6.45, 7) is 0.863. The number of hydrogen-bond donors (Lipinski definition) is 1. The fraction of sp³-hybridized carbons (Fsp3) is 0.846. The molecule has 1 N–H and O–H groups in total. The van der Waals surface area contributed by atoms with Crippen LogP contribution >= 0.6 is 0 Å². The molecule has 0 spiro atoms. The number of hydrogen-bond acceptors (Lipinski definition) is 2. The Kier molecular flexibility index (Phi) is 2.81. The third-order valence-electron chi connectivity index (χ3n) is 4.64. The van der Waals surface area contributed by atoms with Gasteiger partial charge in [-0.3, -0.25) is 4.79 Å². The predicted molar refractivity (Wildman–Crippen MR) is 63.6 cm³/mol. The molecule has 0 bridgehead atoms. The maximum absolute atomic E-state index is 11.9. The molecule has 2 amide bonds. The largest absolute Gasteiger partial charge is 0.333 e. The van der Waals surface area contributed by atoms with Gasteiger partial charge in [0.25, 0.3) is 0 Å². The van der Waals surface area contributed by atoms with Crippen LogP contribution in [0.3, 0.4) is 0 Å². The minimum atomic E-state index is 0.0984. The molecule has 3 fully saturated rings. The molecule has 0 aromatic heterocycles. The average Bonchev–Trinajstić information content (AvgIpc) is 2.59. The van der Waals surface area contributed by atoms with Crippen LogP contribution in [0.2, 0.25) is 0 Å². The van der Waals surface area contributed by atoms with Gasteiger partial charge in [0, 0.05) is 25.4 Å². The van der Waals surface area contributed by atoms with E-state index in [0.717, 1.165) is 19.4 Å². The lowest BCUT2D eigenvalue weighted by Gasteiger charge is -2.32. The van der Waals surface area contributed by atoms with Gasteiger partial charge in [0.2, 0.25) is 0 Å². The highest BCUT2D eigenvalue weighted by atomic mass is 16.2. The van der Waals surface area contributed by atoms with Gasteiger partial charge in [-0.2, -0.15) is 0 Å². The Hall–Kier alpha value is -1.06. The predicted octanol–water partition coefficient (Wildman–Crippen LogP) is 1.69. The Morgan fingerprint density at radius 1 is 1.06 bits per heavy atom. The highest BCUT2D eigenvalue weighted by molar-refractivity contribution is 5.80. The van der Waals surface area contributed by atoms with Crippen molar-refractivity contribution in [2.45, 2.75) is 57.0 Å². The van der Waals surface area contributed by atoms with E-state index in [9.17, 15) is 9.59 Å². The molecular formula is C13H20N2O2. The van der Waals surface area contributed by atoms with Gasteiger partial charge in [-0.15, -0.1) is 0 Å². The van der Waals surface area contributed by atoms with Gasteiger partial charge in [-0.1, -0.05) is 6.42 Å². The van der Waals surface area contributed by atoms with Gasteiger partial charge in [-0.05, 0) is 31.6 Å². The number of rotatable bonds is 2. The SMILES string of the molecule is O=C1CCC(N2CC(C3CCC3)NC2=O)CC1. The van der Waals surface area contributed by atoms with E-state index < -0.39 is 0 Å². The van der Waals surface area contributed by atoms with E-state index in [0.29, 0.717) is 36.6 Å². The maximum atomic E-state index is 11.9. The molecule has 1 unspecified atom stereocenters. The Morgan fingerprint density at radius 2 is 1.76 bits per heavy atom. The molecule has 0 aromatic carbocycles. The number of carbonyl (C=O) groups is 2. The van der Waals surface area contributed by atoms with Crippen molar-refractivity contribution in [1.82, 2.24) is 10.2 Å². The maximum Gasteiger partial charge on any atom is 0.318 e. The number of amides is 2. The monoisotopic (exact) mass is 236 g/mol. The molecule has 4 heteroatoms. The molecule has 3 aliphatic rings. The smallest absolute Gasteiger partial charge is 0.318 e. The summed E-state index contributed by atoms with van der Waals surface area (Å²) < 4.78 is 0. The summed E-state index contributed by atoms with van der Waals surface area (Å²) >= 11 is 0. The van der Waals surface area contributed by atoms with Gasteiger partial charge < -0.3 is 10.2 Å². The quantitative estimate of drug-likeness (QED) is 0.793. The number of Topliss-reactive ketones (excluding diaryl/α,β-unsaturated/α-hetero) is 1. The van der Waals surface area contributed by atoms with Gasteiger partial charge in [0.15, 0.2) is 0 Å². The van der Waals surface area contributed by atoms with Crippen LogP contribution < -0.4 is 5.32 Å². The lowest BCUT2D eigenvalue weighted by molar-refractivity contribution is -0.121. The van der Waals surface area contributed by atoms with Crippen molar-refractivity contribution in [2.75, 3.05) is 6.54 Å². The van der Waals surface area contributed by atoms with Gasteiger partial charge in [-0.25, -0.2) is 4.79 Å². The normalized spacial score (nSPS) is 31.5. The van der Waals surface area contributed by atoms with E-state index in [4.69, 9.17) is 0 Å². The first-order valence-corrected chi connectivity index (χ1v) is 6.83. The van der Waals surface area contributed by atoms with Crippen molar-refractivity contribution in [3.8, 4) is 0 Å². The molecule has 0 aromatic rings. The second kappa shape index (κ2) is 4.31. The highest BCUT2D eigenvalue weighted by Crippen LogP contribution is 2.33. The fourth-order valence-electron chi connectivity index (χ4n) is 3.24. The Bertz CT molecular complexity index is 328. The number of nitrogens with zero attached hydrogens (tertiary/aromatic N) is 1. The van der Waals surface area contributed by atoms with Crippen LogP contribution in [0.15, 0.2) is 0 Å². The lowest BCUT2D eigenvalue weighted by atomic mass is 9.80. The van der Waals surface area contributed by atoms with Crippen molar-refractivity contribution in [3.05, 3.63) is 0 Å². The summed E-state index contributed by atoms with van der Waals surface area (Å²) in [6, 6.07) is 0.771. The summed E-state index contributed by atoms with van der Waals surface area (Å²) in [5.74, 6) is 1.06. The van der Waals surface area contributed by atoms with Gasteiger partial charge in [0.05, 0.1) is 6.04 Å². The zero-order valence-corrected chi connectivity index (χ0v) is 10.2. The van der Waals surface area contributed by atoms with Crippen molar-refractivity contribution in [3.63, 3.8) is 0 Å². The molecule has 17 heavy (non-hydrogen) atoms. The molecular weight excluding hydrogens is 216 g/mol. The Morgan fingerprint density at radius 3 is 2.35 bits per heavy atom. The summed E-state index contributed by atoms with van der Waals surface area (Å²) in [5.41, 5.74) is 0. The van der Waals surface area contributed by atoms with E-state index in [-0.39, 0.29) is 6.03 Å². The minimum absolute atomic E-state index is 0.0984. The van der Waals surface area contributed by atoms with Crippen molar-refractivity contribution < 1.29 is 9.59 Å². The topological polar surface area (TPSA) is 49.4 Å². The Labute approximate surface area is 102 Å². The van der Waals surface area contributed by atoms with E-state index in [1.807, 2.05) is 4.90 Å². The Balaban J connectivity index is 1.59. The molecule has 1 saturated heterocycles. The number of nitrogens with one attached hydrogen (secondary N) is 1. The van der Waals surface area contributed by atoms with Crippen LogP contribution in [-0.4, -0.2) is 35.3 Å². The second-order valence-corrected chi connectivity index (χ2v) is 5.67. The van der Waals surface area contributed by atoms with Crippen LogP contribution in [0.1, 0.15) is 44.9 Å². The van der Waals surface area contributed by atoms with Crippen LogP contribution in [0.25, 0.3) is 0 Å². The molecule has 1 aliphatic heterocycles. The molecule has 2 aliphatic carbocycles. The average molecular weight is 236 g/mol. The van der Waals surface area contributed by atoms with Crippen LogP contribution in [0.5, 0.6) is 0 Å². The standard InChI is InChI=1S/C13H20N2O2/c16-11-6-4-10(5-7-11)15-8-12(14-13(15)17)9-2-1-3-9/h9-10,12H,1-8H2,(H,14,17). The minimum Gasteiger partial charge on any atom is -0.333 e. The molecule has 94 valence electrons. The second-order valence-electron chi connectivity index (χ2n) is 5.67. The van der Waals surface area contributed by atoms with Crippen LogP contribution in [0, 0.1) is 5.92 Å². The number of urea groups is 1. The van der Waals surface area contributed by atoms with Gasteiger partial charge >= 0.3 is 6.03 Å². The third kappa shape index (κ3) is 2.05. The first-order chi connectivity index (χ1) is 8.24. The van der Waals surface area contributed by atoms with E-state index in [1.54, 1.807) is 0 Å². The molecule has 1 atom stereocenters. The van der Waals surface area contributed by atoms with Crippen molar-refractivity contribution >= 4 is 11.8 Å². The first-order valence-electron chi connectivity index (χ1n) is 6.83. The molecule has 4 nitrogen and oxygen atoms in total. The zero-order chi connectivity index (χ0) is 11.8. The molecule has 1 heterocycles. The van der Waals surface area contributed by atoms with Crippen molar-refractivity contribution in [2.24, 2.45) is 5.92 Å². The van der Waals surface area contributed by atoms with E-state index in [1.165, 1.54) is 19.3 Å².